The van der Waals surface area contributed by atoms with Crippen molar-refractivity contribution in [3.63, 3.8) is 0 Å². The molecule has 2 rings (SSSR count). The third-order valence-electron chi connectivity index (χ3n) is 2.45. The van der Waals surface area contributed by atoms with Crippen molar-refractivity contribution in [3.8, 4) is 11.3 Å². The molecule has 0 fully saturated rings. The average Bonchev–Trinajstić information content (AvgIpc) is 2.77. The number of alkyl halides is 3. The molecule has 0 bridgehead atoms. The number of carbonyl (C=O) groups is 1. The van der Waals surface area contributed by atoms with Crippen molar-refractivity contribution in [2.45, 2.75) is 13.1 Å². The molecule has 0 aliphatic heterocycles. The van der Waals surface area contributed by atoms with Crippen LogP contribution in [0.15, 0.2) is 40.8 Å². The molecule has 0 radical (unpaired) electrons. The van der Waals surface area contributed by atoms with Crippen molar-refractivity contribution in [1.82, 2.24) is 0 Å². The Bertz CT molecular complexity index is 565. The first-order valence-corrected chi connectivity index (χ1v) is 5.16. The summed E-state index contributed by atoms with van der Waals surface area (Å²) in [6.07, 6.45) is -4.35. The number of carbonyl (C=O) groups excluding carboxylic acids is 1. The number of rotatable bonds is 2. The van der Waals surface area contributed by atoms with Crippen LogP contribution >= 0.6 is 0 Å². The number of furan rings is 1. The molecule has 0 saturated heterocycles. The van der Waals surface area contributed by atoms with Crippen molar-refractivity contribution in [1.29, 1.82) is 0 Å². The molecule has 0 aliphatic rings. The van der Waals surface area contributed by atoms with Gasteiger partial charge in [0.1, 0.15) is 5.76 Å². The third-order valence-corrected chi connectivity index (χ3v) is 2.45. The molecule has 0 amide bonds. The molecule has 2 nitrogen and oxygen atoms in total. The van der Waals surface area contributed by atoms with Gasteiger partial charge in [0.15, 0.2) is 11.5 Å². The van der Waals surface area contributed by atoms with Gasteiger partial charge in [0.25, 0.3) is 0 Å². The van der Waals surface area contributed by atoms with E-state index in [1.165, 1.54) is 25.1 Å². The van der Waals surface area contributed by atoms with Gasteiger partial charge >= 0.3 is 6.18 Å². The summed E-state index contributed by atoms with van der Waals surface area (Å²) in [4.78, 5) is 11.0. The summed E-state index contributed by atoms with van der Waals surface area (Å²) in [5.41, 5.74) is -0.222. The number of halogens is 3. The quantitative estimate of drug-likeness (QED) is 0.753. The van der Waals surface area contributed by atoms with Gasteiger partial charge < -0.3 is 4.42 Å². The van der Waals surface area contributed by atoms with Crippen molar-refractivity contribution < 1.29 is 22.4 Å². The number of hydrogen-bond donors (Lipinski definition) is 0. The summed E-state index contributed by atoms with van der Waals surface area (Å²) < 4.78 is 42.3. The first kappa shape index (κ1) is 12.4. The van der Waals surface area contributed by atoms with Crippen molar-refractivity contribution in [2.24, 2.45) is 0 Å². The van der Waals surface area contributed by atoms with E-state index in [0.717, 1.165) is 12.1 Å². The van der Waals surface area contributed by atoms with E-state index in [4.69, 9.17) is 4.42 Å². The molecular formula is C13H9F3O2. The molecule has 18 heavy (non-hydrogen) atoms. The van der Waals surface area contributed by atoms with E-state index < -0.39 is 11.7 Å². The summed E-state index contributed by atoms with van der Waals surface area (Å²) >= 11 is 0. The van der Waals surface area contributed by atoms with E-state index in [1.807, 2.05) is 0 Å². The first-order chi connectivity index (χ1) is 8.38. The molecule has 0 saturated carbocycles. The van der Waals surface area contributed by atoms with Crippen LogP contribution in [0.4, 0.5) is 13.2 Å². The van der Waals surface area contributed by atoms with E-state index in [1.54, 1.807) is 6.07 Å². The summed E-state index contributed by atoms with van der Waals surface area (Å²) in [6.45, 7) is 1.36. The molecule has 0 unspecified atom stereocenters. The number of ketones is 1. The lowest BCUT2D eigenvalue weighted by atomic mass is 10.1. The van der Waals surface area contributed by atoms with Crippen LogP contribution in [0.5, 0.6) is 0 Å². The highest BCUT2D eigenvalue weighted by molar-refractivity contribution is 5.91. The summed E-state index contributed by atoms with van der Waals surface area (Å²) in [5.74, 6) is 0.326. The monoisotopic (exact) mass is 254 g/mol. The van der Waals surface area contributed by atoms with Gasteiger partial charge in [-0.25, -0.2) is 0 Å². The Kier molecular flexibility index (Phi) is 2.98. The number of hydrogen-bond acceptors (Lipinski definition) is 2. The SMILES string of the molecule is CC(=O)c1ccc(-c2ccc(C(F)(F)F)cc2)o1. The Hall–Kier alpha value is -2.04. The fraction of sp³-hybridized carbons (Fsp3) is 0.154. The number of benzene rings is 1. The summed E-state index contributed by atoms with van der Waals surface area (Å²) in [5, 5.41) is 0. The highest BCUT2D eigenvalue weighted by Gasteiger charge is 2.30. The minimum Gasteiger partial charge on any atom is -0.453 e. The van der Waals surface area contributed by atoms with E-state index in [2.05, 4.69) is 0 Å². The second-order valence-corrected chi connectivity index (χ2v) is 3.80. The van der Waals surface area contributed by atoms with E-state index in [0.29, 0.717) is 11.3 Å². The zero-order valence-corrected chi connectivity index (χ0v) is 9.41. The maximum absolute atomic E-state index is 12.4. The van der Waals surface area contributed by atoms with E-state index in [-0.39, 0.29) is 11.5 Å². The Balaban J connectivity index is 2.31. The van der Waals surface area contributed by atoms with E-state index in [9.17, 15) is 18.0 Å². The third kappa shape index (κ3) is 2.45. The largest absolute Gasteiger partial charge is 0.453 e. The van der Waals surface area contributed by atoms with Gasteiger partial charge in [-0.15, -0.1) is 0 Å². The predicted octanol–water partition coefficient (Wildman–Crippen LogP) is 4.17. The lowest BCUT2D eigenvalue weighted by Gasteiger charge is -2.06. The molecule has 1 heterocycles. The Morgan fingerprint density at radius 3 is 2.11 bits per heavy atom. The van der Waals surface area contributed by atoms with Crippen molar-refractivity contribution in [2.75, 3.05) is 0 Å². The maximum Gasteiger partial charge on any atom is 0.416 e. The van der Waals surface area contributed by atoms with Gasteiger partial charge in [-0.1, -0.05) is 12.1 Å². The van der Waals surface area contributed by atoms with E-state index >= 15 is 0 Å². The van der Waals surface area contributed by atoms with Crippen LogP contribution in [0.2, 0.25) is 0 Å². The Morgan fingerprint density at radius 2 is 1.67 bits per heavy atom. The van der Waals surface area contributed by atoms with Gasteiger partial charge in [0.2, 0.25) is 0 Å². The van der Waals surface area contributed by atoms with Crippen molar-refractivity contribution in [3.05, 3.63) is 47.7 Å². The Morgan fingerprint density at radius 1 is 1.06 bits per heavy atom. The van der Waals surface area contributed by atoms with Crippen LogP contribution in [0.25, 0.3) is 11.3 Å². The molecular weight excluding hydrogens is 245 g/mol. The van der Waals surface area contributed by atoms with Crippen LogP contribution in [-0.2, 0) is 6.18 Å². The smallest absolute Gasteiger partial charge is 0.416 e. The molecule has 0 N–H and O–H groups in total. The molecule has 1 aromatic heterocycles. The fourth-order valence-corrected chi connectivity index (χ4v) is 1.51. The van der Waals surface area contributed by atoms with Crippen LogP contribution < -0.4 is 0 Å². The molecule has 1 aromatic carbocycles. The molecule has 94 valence electrons. The topological polar surface area (TPSA) is 30.2 Å². The molecule has 2 aromatic rings. The highest BCUT2D eigenvalue weighted by atomic mass is 19.4. The molecule has 5 heteroatoms. The van der Waals surface area contributed by atoms with Gasteiger partial charge in [0, 0.05) is 12.5 Å². The molecule has 0 spiro atoms. The van der Waals surface area contributed by atoms with Crippen molar-refractivity contribution >= 4 is 5.78 Å². The second kappa shape index (κ2) is 4.33. The lowest BCUT2D eigenvalue weighted by molar-refractivity contribution is -0.137. The Labute approximate surface area is 101 Å². The summed E-state index contributed by atoms with van der Waals surface area (Å²) in [6, 6.07) is 7.63. The molecule has 0 aliphatic carbocycles. The van der Waals surface area contributed by atoms with Gasteiger partial charge in [-0.3, -0.25) is 4.79 Å². The van der Waals surface area contributed by atoms with Gasteiger partial charge in [-0.05, 0) is 24.3 Å². The lowest BCUT2D eigenvalue weighted by Crippen LogP contribution is -2.03. The minimum absolute atomic E-state index is 0.185. The van der Waals surface area contributed by atoms with Crippen LogP contribution in [0.1, 0.15) is 23.0 Å². The normalized spacial score (nSPS) is 11.6. The predicted molar refractivity (Wildman–Crippen MR) is 59.2 cm³/mol. The average molecular weight is 254 g/mol. The number of Topliss-reactive ketones (excluding diaryl/α,β-unsaturated/α-hetero) is 1. The van der Waals surface area contributed by atoms with Gasteiger partial charge in [0.05, 0.1) is 5.56 Å². The van der Waals surface area contributed by atoms with Crippen LogP contribution in [0.3, 0.4) is 0 Å². The van der Waals surface area contributed by atoms with Crippen LogP contribution in [-0.4, -0.2) is 5.78 Å². The van der Waals surface area contributed by atoms with Gasteiger partial charge in [-0.2, -0.15) is 13.2 Å². The molecule has 0 atom stereocenters. The minimum atomic E-state index is -4.35. The standard InChI is InChI=1S/C13H9F3O2/c1-8(17)11-6-7-12(18-11)9-2-4-10(5-3-9)13(14,15)16/h2-7H,1H3. The summed E-state index contributed by atoms with van der Waals surface area (Å²) in [7, 11) is 0. The fourth-order valence-electron chi connectivity index (χ4n) is 1.51. The zero-order valence-electron chi connectivity index (χ0n) is 9.41. The highest BCUT2D eigenvalue weighted by Crippen LogP contribution is 2.31. The zero-order chi connectivity index (χ0) is 13.3. The maximum atomic E-state index is 12.4. The second-order valence-electron chi connectivity index (χ2n) is 3.80. The first-order valence-electron chi connectivity index (χ1n) is 5.16. The van der Waals surface area contributed by atoms with Crippen LogP contribution in [0, 0.1) is 0 Å².